The fourth-order valence-electron chi connectivity index (χ4n) is 3.31. The second kappa shape index (κ2) is 8.22. The zero-order chi connectivity index (χ0) is 21.2. The fraction of sp³-hybridized carbons (Fsp3) is 0.421. The number of amides is 2. The van der Waals surface area contributed by atoms with E-state index in [1.165, 1.54) is 27.8 Å². The Bertz CT molecular complexity index is 919. The van der Waals surface area contributed by atoms with Gasteiger partial charge in [0.1, 0.15) is 31.5 Å². The first-order valence-corrected chi connectivity index (χ1v) is 8.95. The third-order valence-corrected chi connectivity index (χ3v) is 5.05. The van der Waals surface area contributed by atoms with Crippen LogP contribution in [0.15, 0.2) is 24.3 Å². The Morgan fingerprint density at radius 2 is 1.83 bits per heavy atom. The van der Waals surface area contributed by atoms with Crippen LogP contribution in [-0.2, 0) is 17.9 Å². The molecule has 0 saturated heterocycles. The molecule has 0 radical (unpaired) electrons. The lowest BCUT2D eigenvalue weighted by Gasteiger charge is -2.31. The molecule has 0 spiro atoms. The summed E-state index contributed by atoms with van der Waals surface area (Å²) in [6, 6.07) is 5.50. The lowest BCUT2D eigenvalue weighted by molar-refractivity contribution is -0.136. The summed E-state index contributed by atoms with van der Waals surface area (Å²) in [5.74, 6) is -1.95. The van der Waals surface area contributed by atoms with Crippen LogP contribution in [0.3, 0.4) is 0 Å². The van der Waals surface area contributed by atoms with Crippen molar-refractivity contribution in [3.63, 3.8) is 0 Å². The number of carbonyl (C=O) groups excluding carboxylic acids is 2. The minimum atomic E-state index is -1.99. The highest BCUT2D eigenvalue weighted by atomic mass is 19.2. The van der Waals surface area contributed by atoms with Crippen LogP contribution < -0.4 is 5.73 Å². The molecule has 1 aliphatic heterocycles. The van der Waals surface area contributed by atoms with Gasteiger partial charge in [0.25, 0.3) is 5.91 Å². The molecule has 2 amide bonds. The molecular formula is C19H20F4N4O2. The van der Waals surface area contributed by atoms with Crippen molar-refractivity contribution in [2.24, 2.45) is 11.1 Å². The molecule has 0 fully saturated rings. The lowest BCUT2D eigenvalue weighted by atomic mass is 9.88. The van der Waals surface area contributed by atoms with Crippen molar-refractivity contribution in [3.05, 3.63) is 41.3 Å². The Labute approximate surface area is 164 Å². The second-order valence-corrected chi connectivity index (χ2v) is 7.16. The SMILES string of the molecule is NC(=O)c1c(-c2cccc(F)c2)nn2c1CN(C(=O)CC(CF)(CF)CF)CC2. The summed E-state index contributed by atoms with van der Waals surface area (Å²) in [6.07, 6.45) is -0.632. The molecule has 6 nitrogen and oxygen atoms in total. The third kappa shape index (κ3) is 3.96. The normalized spacial score (nSPS) is 14.0. The van der Waals surface area contributed by atoms with Gasteiger partial charge in [-0.15, -0.1) is 0 Å². The molecule has 1 aromatic heterocycles. The summed E-state index contributed by atoms with van der Waals surface area (Å²) < 4.78 is 54.4. The minimum absolute atomic E-state index is 0.0424. The number of rotatable bonds is 7. The van der Waals surface area contributed by atoms with Crippen LogP contribution in [0.1, 0.15) is 22.5 Å². The van der Waals surface area contributed by atoms with E-state index in [1.54, 1.807) is 6.07 Å². The Hall–Kier alpha value is -2.91. The number of nitrogens with zero attached hydrogens (tertiary/aromatic N) is 3. The van der Waals surface area contributed by atoms with E-state index in [-0.39, 0.29) is 30.9 Å². The van der Waals surface area contributed by atoms with Crippen LogP contribution in [0, 0.1) is 11.2 Å². The van der Waals surface area contributed by atoms with Gasteiger partial charge in [-0.25, -0.2) is 4.39 Å². The summed E-state index contributed by atoms with van der Waals surface area (Å²) in [6.45, 7) is -3.62. The zero-order valence-electron chi connectivity index (χ0n) is 15.5. The van der Waals surface area contributed by atoms with Crippen molar-refractivity contribution in [2.45, 2.75) is 19.5 Å². The van der Waals surface area contributed by atoms with Gasteiger partial charge in [0.05, 0.1) is 29.8 Å². The van der Waals surface area contributed by atoms with E-state index in [1.807, 2.05) is 0 Å². The quantitative estimate of drug-likeness (QED) is 0.710. The van der Waals surface area contributed by atoms with E-state index < -0.39 is 49.5 Å². The summed E-state index contributed by atoms with van der Waals surface area (Å²) >= 11 is 0. The van der Waals surface area contributed by atoms with Crippen LogP contribution in [0.4, 0.5) is 17.6 Å². The zero-order valence-corrected chi connectivity index (χ0v) is 15.5. The summed E-state index contributed by atoms with van der Waals surface area (Å²) in [4.78, 5) is 25.9. The Morgan fingerprint density at radius 1 is 1.14 bits per heavy atom. The standard InChI is InChI=1S/C19H20F4N4O2/c20-9-19(10-21,11-22)7-15(28)26-4-5-27-14(8-26)16(18(24)29)17(25-27)12-2-1-3-13(23)6-12/h1-3,6H,4-5,7-11H2,(H2,24,29). The highest BCUT2D eigenvalue weighted by Crippen LogP contribution is 2.30. The van der Waals surface area contributed by atoms with E-state index in [4.69, 9.17) is 5.73 Å². The van der Waals surface area contributed by atoms with E-state index >= 15 is 0 Å². The van der Waals surface area contributed by atoms with Gasteiger partial charge in [-0.3, -0.25) is 27.4 Å². The number of halogens is 4. The molecule has 3 rings (SSSR count). The number of alkyl halides is 3. The predicted molar refractivity (Wildman–Crippen MR) is 96.5 cm³/mol. The molecule has 156 valence electrons. The second-order valence-electron chi connectivity index (χ2n) is 7.16. The van der Waals surface area contributed by atoms with Crippen molar-refractivity contribution in [2.75, 3.05) is 26.6 Å². The lowest BCUT2D eigenvalue weighted by Crippen LogP contribution is -2.43. The van der Waals surface area contributed by atoms with Crippen LogP contribution in [0.25, 0.3) is 11.3 Å². The number of nitrogens with two attached hydrogens (primary N) is 1. The van der Waals surface area contributed by atoms with Gasteiger partial charge in [-0.1, -0.05) is 12.1 Å². The first-order valence-electron chi connectivity index (χ1n) is 8.95. The summed E-state index contributed by atoms with van der Waals surface area (Å²) in [7, 11) is 0. The molecule has 1 aliphatic rings. The first-order chi connectivity index (χ1) is 13.8. The van der Waals surface area contributed by atoms with Gasteiger partial charge in [0.2, 0.25) is 5.91 Å². The largest absolute Gasteiger partial charge is 0.365 e. The fourth-order valence-corrected chi connectivity index (χ4v) is 3.31. The molecule has 2 heterocycles. The average Bonchev–Trinajstić information content (AvgIpc) is 3.11. The molecule has 0 aliphatic carbocycles. The number of benzene rings is 1. The molecule has 2 N–H and O–H groups in total. The van der Waals surface area contributed by atoms with Crippen molar-refractivity contribution in [1.29, 1.82) is 0 Å². The maximum Gasteiger partial charge on any atom is 0.252 e. The number of aromatic nitrogens is 2. The smallest absolute Gasteiger partial charge is 0.252 e. The number of primary amides is 1. The van der Waals surface area contributed by atoms with Crippen molar-refractivity contribution in [3.8, 4) is 11.3 Å². The highest BCUT2D eigenvalue weighted by molar-refractivity contribution is 6.00. The van der Waals surface area contributed by atoms with Gasteiger partial charge in [-0.05, 0) is 12.1 Å². The van der Waals surface area contributed by atoms with Gasteiger partial charge in [0, 0.05) is 18.5 Å². The maximum absolute atomic E-state index is 13.6. The Balaban J connectivity index is 1.92. The molecule has 0 atom stereocenters. The van der Waals surface area contributed by atoms with Gasteiger partial charge >= 0.3 is 0 Å². The van der Waals surface area contributed by atoms with E-state index in [9.17, 15) is 27.2 Å². The molecule has 2 aromatic rings. The molecule has 10 heteroatoms. The molecule has 0 unspecified atom stereocenters. The summed E-state index contributed by atoms with van der Waals surface area (Å²) in [5, 5.41) is 4.33. The topological polar surface area (TPSA) is 81.2 Å². The van der Waals surface area contributed by atoms with E-state index in [0.29, 0.717) is 11.3 Å². The van der Waals surface area contributed by atoms with Crippen molar-refractivity contribution < 1.29 is 27.2 Å². The summed E-state index contributed by atoms with van der Waals surface area (Å²) in [5.41, 5.74) is 4.43. The van der Waals surface area contributed by atoms with Gasteiger partial charge in [-0.2, -0.15) is 5.10 Å². The number of hydrogen-bond donors (Lipinski definition) is 1. The Morgan fingerprint density at radius 3 is 2.41 bits per heavy atom. The first kappa shape index (κ1) is 20.8. The Kier molecular flexibility index (Phi) is 5.90. The van der Waals surface area contributed by atoms with Crippen LogP contribution in [0.5, 0.6) is 0 Å². The predicted octanol–water partition coefficient (Wildman–Crippen LogP) is 2.42. The van der Waals surface area contributed by atoms with Crippen molar-refractivity contribution >= 4 is 11.8 Å². The minimum Gasteiger partial charge on any atom is -0.365 e. The third-order valence-electron chi connectivity index (χ3n) is 5.05. The van der Waals surface area contributed by atoms with Gasteiger partial charge in [0.15, 0.2) is 0 Å². The highest BCUT2D eigenvalue weighted by Gasteiger charge is 2.37. The molecule has 1 aromatic carbocycles. The monoisotopic (exact) mass is 412 g/mol. The molecule has 29 heavy (non-hydrogen) atoms. The maximum atomic E-state index is 13.6. The number of hydrogen-bond acceptors (Lipinski definition) is 3. The number of fused-ring (bicyclic) bond motifs is 1. The van der Waals surface area contributed by atoms with Gasteiger partial charge < -0.3 is 10.6 Å². The van der Waals surface area contributed by atoms with Crippen LogP contribution >= 0.6 is 0 Å². The van der Waals surface area contributed by atoms with Crippen LogP contribution in [0.2, 0.25) is 0 Å². The van der Waals surface area contributed by atoms with E-state index in [2.05, 4.69) is 5.10 Å². The average molecular weight is 412 g/mol. The van der Waals surface area contributed by atoms with E-state index in [0.717, 1.165) is 0 Å². The van der Waals surface area contributed by atoms with Crippen LogP contribution in [-0.4, -0.2) is 53.1 Å². The van der Waals surface area contributed by atoms with Crippen molar-refractivity contribution in [1.82, 2.24) is 14.7 Å². The molecular weight excluding hydrogens is 392 g/mol. The number of carbonyl (C=O) groups is 2. The molecule has 0 bridgehead atoms. The molecule has 0 saturated carbocycles.